The Labute approximate surface area is 154 Å². The third kappa shape index (κ3) is 5.98. The summed E-state index contributed by atoms with van der Waals surface area (Å²) >= 11 is 0. The molecular weight excluding hydrogens is 336 g/mol. The molecule has 7 nitrogen and oxygen atoms in total. The molecule has 2 unspecified atom stereocenters. The Morgan fingerprint density at radius 1 is 1.38 bits per heavy atom. The highest BCUT2D eigenvalue weighted by atomic mass is 16.6. The number of aliphatic hydroxyl groups is 1. The van der Waals surface area contributed by atoms with E-state index in [0.717, 1.165) is 25.7 Å². The quantitative estimate of drug-likeness (QED) is 0.349. The van der Waals surface area contributed by atoms with E-state index in [1.54, 1.807) is 13.0 Å². The molecule has 0 aliphatic rings. The lowest BCUT2D eigenvalue weighted by molar-refractivity contribution is -0.386. The lowest BCUT2D eigenvalue weighted by Crippen LogP contribution is -2.34. The first-order chi connectivity index (χ1) is 12.1. The predicted octanol–water partition coefficient (Wildman–Crippen LogP) is 3.94. The van der Waals surface area contributed by atoms with Crippen LogP contribution in [0, 0.1) is 17.0 Å². The molecule has 26 heavy (non-hydrogen) atoms. The molecule has 2 atom stereocenters. The summed E-state index contributed by atoms with van der Waals surface area (Å²) < 4.78 is 6.21. The molecule has 0 aliphatic carbocycles. The number of hydrogen-bond acceptors (Lipinski definition) is 5. The van der Waals surface area contributed by atoms with Crippen LogP contribution in [0.5, 0.6) is 5.75 Å². The summed E-state index contributed by atoms with van der Waals surface area (Å²) in [5.74, 6) is 0.0929. The summed E-state index contributed by atoms with van der Waals surface area (Å²) in [6.45, 7) is 7.23. The minimum atomic E-state index is -0.990. The van der Waals surface area contributed by atoms with Gasteiger partial charge in [0, 0.05) is 18.1 Å². The van der Waals surface area contributed by atoms with Crippen molar-refractivity contribution < 1.29 is 19.6 Å². The second-order valence-corrected chi connectivity index (χ2v) is 7.03. The third-order valence-electron chi connectivity index (χ3n) is 4.62. The average molecular weight is 366 g/mol. The van der Waals surface area contributed by atoms with Gasteiger partial charge < -0.3 is 15.6 Å². The van der Waals surface area contributed by atoms with Crippen molar-refractivity contribution in [2.75, 3.05) is 0 Å². The normalized spacial score (nSPS) is 14.5. The van der Waals surface area contributed by atoms with E-state index in [-0.39, 0.29) is 23.6 Å². The van der Waals surface area contributed by atoms with Crippen LogP contribution < -0.4 is 10.5 Å². The Bertz CT molecular complexity index is 645. The van der Waals surface area contributed by atoms with Crippen LogP contribution in [0.3, 0.4) is 0 Å². The molecule has 0 spiro atoms. The van der Waals surface area contributed by atoms with E-state index in [0.29, 0.717) is 17.7 Å². The monoisotopic (exact) mass is 366 g/mol. The smallest absolute Gasteiger partial charge is 0.275 e. The molecule has 0 heterocycles. The zero-order chi connectivity index (χ0) is 19.9. The standard InChI is InChI=1S/C19H30N2O5/c1-5-6-7-11-19(4,12-10-17(20)23)26-16-9-8-15(21(24)25)18(13(16)2)14(3)22/h8-9,14,22H,5-7,10-12H2,1-4H3,(H2,20,23). The molecule has 0 bridgehead atoms. The minimum absolute atomic E-state index is 0.130. The van der Waals surface area contributed by atoms with Gasteiger partial charge in [0.15, 0.2) is 0 Å². The van der Waals surface area contributed by atoms with Crippen molar-refractivity contribution in [3.8, 4) is 5.75 Å². The second kappa shape index (κ2) is 9.52. The van der Waals surface area contributed by atoms with E-state index in [1.807, 2.05) is 6.92 Å². The summed E-state index contributed by atoms with van der Waals surface area (Å²) in [6.07, 6.45) is 3.48. The van der Waals surface area contributed by atoms with Crippen LogP contribution in [0.2, 0.25) is 0 Å². The zero-order valence-corrected chi connectivity index (χ0v) is 16.1. The molecule has 0 aliphatic heterocycles. The molecule has 0 fully saturated rings. The number of ether oxygens (including phenoxy) is 1. The van der Waals surface area contributed by atoms with Crippen molar-refractivity contribution in [2.45, 2.75) is 77.9 Å². The third-order valence-corrected chi connectivity index (χ3v) is 4.62. The van der Waals surface area contributed by atoms with Gasteiger partial charge in [-0.25, -0.2) is 0 Å². The molecule has 1 aromatic rings. The van der Waals surface area contributed by atoms with Crippen LogP contribution in [0.25, 0.3) is 0 Å². The Morgan fingerprint density at radius 2 is 2.04 bits per heavy atom. The van der Waals surface area contributed by atoms with Crippen LogP contribution in [0.4, 0.5) is 5.69 Å². The molecule has 0 saturated heterocycles. The van der Waals surface area contributed by atoms with Gasteiger partial charge in [0.25, 0.3) is 5.69 Å². The molecule has 7 heteroatoms. The number of aliphatic hydroxyl groups excluding tert-OH is 1. The number of nitrogens with zero attached hydrogens (tertiary/aromatic N) is 1. The lowest BCUT2D eigenvalue weighted by Gasteiger charge is -2.32. The van der Waals surface area contributed by atoms with Crippen LogP contribution in [-0.2, 0) is 4.79 Å². The summed E-state index contributed by atoms with van der Waals surface area (Å²) in [5.41, 5.74) is 5.34. The first-order valence-corrected chi connectivity index (χ1v) is 9.04. The fourth-order valence-electron chi connectivity index (χ4n) is 3.12. The molecule has 0 radical (unpaired) electrons. The maximum atomic E-state index is 11.2. The highest BCUT2D eigenvalue weighted by Gasteiger charge is 2.29. The van der Waals surface area contributed by atoms with Gasteiger partial charge in [-0.05, 0) is 46.1 Å². The van der Waals surface area contributed by atoms with Crippen LogP contribution in [0.15, 0.2) is 12.1 Å². The van der Waals surface area contributed by atoms with Crippen LogP contribution in [-0.4, -0.2) is 21.5 Å². The van der Waals surface area contributed by atoms with Crippen molar-refractivity contribution in [1.82, 2.24) is 0 Å². The summed E-state index contributed by atoms with van der Waals surface area (Å²) in [5, 5.41) is 21.2. The largest absolute Gasteiger partial charge is 0.487 e. The highest BCUT2D eigenvalue weighted by Crippen LogP contribution is 2.37. The minimum Gasteiger partial charge on any atom is -0.487 e. The number of primary amides is 1. The highest BCUT2D eigenvalue weighted by molar-refractivity contribution is 5.73. The molecule has 0 aromatic heterocycles. The first kappa shape index (κ1) is 21.9. The van der Waals surface area contributed by atoms with Gasteiger partial charge in [-0.15, -0.1) is 0 Å². The van der Waals surface area contributed by atoms with Gasteiger partial charge in [0.2, 0.25) is 5.91 Å². The Hall–Kier alpha value is -2.15. The van der Waals surface area contributed by atoms with Gasteiger partial charge >= 0.3 is 0 Å². The van der Waals surface area contributed by atoms with Crippen LogP contribution in [0.1, 0.15) is 76.5 Å². The number of hydrogen-bond donors (Lipinski definition) is 2. The van der Waals surface area contributed by atoms with Gasteiger partial charge in [-0.3, -0.25) is 14.9 Å². The molecule has 3 N–H and O–H groups in total. The van der Waals surface area contributed by atoms with Crippen molar-refractivity contribution in [2.24, 2.45) is 5.73 Å². The van der Waals surface area contributed by atoms with Gasteiger partial charge in [0.1, 0.15) is 11.4 Å². The number of carbonyl (C=O) groups excluding carboxylic acids is 1. The van der Waals surface area contributed by atoms with Crippen molar-refractivity contribution in [3.05, 3.63) is 33.4 Å². The number of nitro groups is 1. The lowest BCUT2D eigenvalue weighted by atomic mass is 9.92. The topological polar surface area (TPSA) is 116 Å². The molecule has 0 saturated carbocycles. The van der Waals surface area contributed by atoms with Crippen molar-refractivity contribution in [3.63, 3.8) is 0 Å². The van der Waals surface area contributed by atoms with Crippen molar-refractivity contribution >= 4 is 11.6 Å². The number of nitro benzene ring substituents is 1. The maximum absolute atomic E-state index is 11.2. The molecule has 1 rings (SSSR count). The number of amides is 1. The van der Waals surface area contributed by atoms with Gasteiger partial charge in [0.05, 0.1) is 16.6 Å². The van der Waals surface area contributed by atoms with Crippen molar-refractivity contribution in [1.29, 1.82) is 0 Å². The van der Waals surface area contributed by atoms with E-state index >= 15 is 0 Å². The number of benzene rings is 1. The fourth-order valence-corrected chi connectivity index (χ4v) is 3.12. The molecule has 1 amide bonds. The number of unbranched alkanes of at least 4 members (excludes halogenated alkanes) is 2. The molecule has 1 aromatic carbocycles. The fraction of sp³-hybridized carbons (Fsp3) is 0.632. The Morgan fingerprint density at radius 3 is 2.54 bits per heavy atom. The number of carbonyl (C=O) groups is 1. The maximum Gasteiger partial charge on any atom is 0.275 e. The number of rotatable bonds is 11. The average Bonchev–Trinajstić information content (AvgIpc) is 2.54. The second-order valence-electron chi connectivity index (χ2n) is 7.03. The summed E-state index contributed by atoms with van der Waals surface area (Å²) in [4.78, 5) is 21.9. The Kier molecular flexibility index (Phi) is 8.02. The van der Waals surface area contributed by atoms with Gasteiger partial charge in [-0.2, -0.15) is 0 Å². The SMILES string of the molecule is CCCCCC(C)(CCC(N)=O)Oc1ccc([N+](=O)[O-])c(C(C)O)c1C. The predicted molar refractivity (Wildman–Crippen MR) is 100 cm³/mol. The molecule has 146 valence electrons. The van der Waals surface area contributed by atoms with E-state index in [2.05, 4.69) is 6.92 Å². The van der Waals surface area contributed by atoms with E-state index in [9.17, 15) is 20.0 Å². The van der Waals surface area contributed by atoms with E-state index in [4.69, 9.17) is 10.5 Å². The Balaban J connectivity index is 3.18. The van der Waals surface area contributed by atoms with E-state index < -0.39 is 16.6 Å². The first-order valence-electron chi connectivity index (χ1n) is 9.04. The van der Waals surface area contributed by atoms with Gasteiger partial charge in [-0.1, -0.05) is 19.8 Å². The summed E-state index contributed by atoms with van der Waals surface area (Å²) in [6, 6.07) is 2.91. The molecular formula is C19H30N2O5. The number of nitrogens with two attached hydrogens (primary N) is 1. The van der Waals surface area contributed by atoms with E-state index in [1.165, 1.54) is 13.0 Å². The summed E-state index contributed by atoms with van der Waals surface area (Å²) in [7, 11) is 0. The zero-order valence-electron chi connectivity index (χ0n) is 16.1. The van der Waals surface area contributed by atoms with Crippen LogP contribution >= 0.6 is 0 Å².